The van der Waals surface area contributed by atoms with E-state index in [1.807, 2.05) is 0 Å². The summed E-state index contributed by atoms with van der Waals surface area (Å²) in [4.78, 5) is 0. The lowest BCUT2D eigenvalue weighted by atomic mass is 9.33. The van der Waals surface area contributed by atoms with E-state index in [2.05, 4.69) is 13.0 Å². The normalized spacial score (nSPS) is 54.8. The van der Waals surface area contributed by atoms with E-state index in [1.54, 1.807) is 0 Å². The first-order valence-corrected chi connectivity index (χ1v) is 11.4. The molecule has 7 rings (SSSR count). The minimum absolute atomic E-state index is 0.0695. The van der Waals surface area contributed by atoms with Gasteiger partial charge in [-0.1, -0.05) is 18.6 Å². The van der Waals surface area contributed by atoms with Gasteiger partial charge in [-0.3, -0.25) is 0 Å². The molecule has 2 heterocycles. The summed E-state index contributed by atoms with van der Waals surface area (Å²) in [6, 6.07) is 0. The Morgan fingerprint density at radius 3 is 2.50 bits per heavy atom. The minimum atomic E-state index is -0.566. The lowest BCUT2D eigenvalue weighted by molar-refractivity contribution is -0.320. The molecule has 3 spiro atoms. The standard InChI is InChI=1S/C23H32O5/c1-19-13-21(24)14-20-6-7-22(25-8-9-26-22)12-15(20)2-3-16(18(20)21)17(19)4-5-23(19)27-10-11-28-23/h2,16-18,24H,3-14H2,1H3/t16-,17-,18-,19-,20+,21-/m0/s1. The van der Waals surface area contributed by atoms with Crippen LogP contribution < -0.4 is 0 Å². The van der Waals surface area contributed by atoms with Gasteiger partial charge in [-0.2, -0.15) is 0 Å². The van der Waals surface area contributed by atoms with Crippen molar-refractivity contribution in [1.29, 1.82) is 0 Å². The second kappa shape index (κ2) is 5.05. The predicted octanol–water partition coefficient (Wildman–Crippen LogP) is 3.16. The number of aliphatic hydroxyl groups is 1. The molecule has 6 atom stereocenters. The largest absolute Gasteiger partial charge is 0.389 e. The molecule has 0 unspecified atom stereocenters. The molecule has 0 aromatic heterocycles. The second-order valence-corrected chi connectivity index (χ2v) is 11.0. The van der Waals surface area contributed by atoms with Crippen molar-refractivity contribution in [3.05, 3.63) is 11.6 Å². The highest BCUT2D eigenvalue weighted by molar-refractivity contribution is 5.37. The maximum absolute atomic E-state index is 11.9. The third-order valence-electron chi connectivity index (χ3n) is 10.1. The molecule has 5 nitrogen and oxygen atoms in total. The highest BCUT2D eigenvalue weighted by Crippen LogP contribution is 2.78. The average molecular weight is 389 g/mol. The summed E-state index contributed by atoms with van der Waals surface area (Å²) < 4.78 is 24.6. The topological polar surface area (TPSA) is 57.2 Å². The molecule has 5 aliphatic carbocycles. The quantitative estimate of drug-likeness (QED) is 0.646. The number of ether oxygens (including phenoxy) is 4. The van der Waals surface area contributed by atoms with Crippen molar-refractivity contribution < 1.29 is 24.1 Å². The first-order chi connectivity index (χ1) is 13.4. The van der Waals surface area contributed by atoms with Gasteiger partial charge < -0.3 is 24.1 Å². The Labute approximate surface area is 166 Å². The van der Waals surface area contributed by atoms with Crippen molar-refractivity contribution in [3.63, 3.8) is 0 Å². The van der Waals surface area contributed by atoms with E-state index in [0.29, 0.717) is 31.0 Å². The van der Waals surface area contributed by atoms with Crippen LogP contribution >= 0.6 is 0 Å². The molecule has 0 amide bonds. The fourth-order valence-electron chi connectivity index (χ4n) is 9.39. The number of hydrogen-bond acceptors (Lipinski definition) is 5. The van der Waals surface area contributed by atoms with Gasteiger partial charge >= 0.3 is 0 Å². The number of rotatable bonds is 0. The van der Waals surface area contributed by atoms with Crippen molar-refractivity contribution >= 4 is 0 Å². The Bertz CT molecular complexity index is 750. The van der Waals surface area contributed by atoms with E-state index in [1.165, 1.54) is 12.0 Å². The molecule has 28 heavy (non-hydrogen) atoms. The first kappa shape index (κ1) is 17.2. The summed E-state index contributed by atoms with van der Waals surface area (Å²) >= 11 is 0. The minimum Gasteiger partial charge on any atom is -0.389 e. The zero-order valence-corrected chi connectivity index (χ0v) is 16.9. The molecule has 2 aliphatic heterocycles. The van der Waals surface area contributed by atoms with E-state index < -0.39 is 11.4 Å². The molecular formula is C23H32O5. The van der Waals surface area contributed by atoms with Gasteiger partial charge in [0.15, 0.2) is 11.6 Å². The van der Waals surface area contributed by atoms with Crippen molar-refractivity contribution in [2.75, 3.05) is 26.4 Å². The zero-order valence-electron chi connectivity index (χ0n) is 16.9. The van der Waals surface area contributed by atoms with Gasteiger partial charge in [0.1, 0.15) is 0 Å². The molecule has 5 heteroatoms. The van der Waals surface area contributed by atoms with Crippen LogP contribution in [0.25, 0.3) is 0 Å². The highest BCUT2D eigenvalue weighted by atomic mass is 16.7. The first-order valence-electron chi connectivity index (χ1n) is 11.4. The molecule has 2 saturated heterocycles. The molecule has 0 aromatic carbocycles. The summed E-state index contributed by atoms with van der Waals surface area (Å²) in [5.41, 5.74) is 1.08. The third-order valence-corrected chi connectivity index (χ3v) is 10.1. The Morgan fingerprint density at radius 1 is 0.964 bits per heavy atom. The number of hydrogen-bond donors (Lipinski definition) is 1. The Morgan fingerprint density at radius 2 is 1.71 bits per heavy atom. The van der Waals surface area contributed by atoms with E-state index in [0.717, 1.165) is 58.2 Å². The van der Waals surface area contributed by atoms with Crippen LogP contribution in [-0.2, 0) is 18.9 Å². The highest BCUT2D eigenvalue weighted by Gasteiger charge is 2.78. The fourth-order valence-corrected chi connectivity index (χ4v) is 9.39. The van der Waals surface area contributed by atoms with Crippen LogP contribution in [0.15, 0.2) is 11.6 Å². The molecule has 7 aliphatic rings. The van der Waals surface area contributed by atoms with Crippen molar-refractivity contribution in [1.82, 2.24) is 0 Å². The molecular weight excluding hydrogens is 356 g/mol. The van der Waals surface area contributed by atoms with E-state index >= 15 is 0 Å². The van der Waals surface area contributed by atoms with E-state index in [9.17, 15) is 5.11 Å². The SMILES string of the molecule is C[C@]12C[C@]3(O)C[C@]45CCC6(CC4=CC[C@H]([C@H]35)[C@@H]1CCC21OCCO1)OCCO6. The van der Waals surface area contributed by atoms with Gasteiger partial charge in [0.25, 0.3) is 0 Å². The molecule has 6 fully saturated rings. The van der Waals surface area contributed by atoms with Crippen molar-refractivity contribution in [2.24, 2.45) is 28.6 Å². The fraction of sp³-hybridized carbons (Fsp3) is 0.913. The van der Waals surface area contributed by atoms with Crippen LogP contribution in [0.1, 0.15) is 58.3 Å². The number of fused-ring (bicyclic) bond motifs is 3. The summed E-state index contributed by atoms with van der Waals surface area (Å²) in [6.07, 6.45) is 10.5. The lowest BCUT2D eigenvalue weighted by Gasteiger charge is -2.73. The van der Waals surface area contributed by atoms with Crippen LogP contribution in [0.5, 0.6) is 0 Å². The Balaban J connectivity index is 1.27. The maximum atomic E-state index is 11.9. The van der Waals surface area contributed by atoms with Gasteiger partial charge in [-0.05, 0) is 43.9 Å². The lowest BCUT2D eigenvalue weighted by Crippen LogP contribution is -2.74. The van der Waals surface area contributed by atoms with Crippen LogP contribution in [-0.4, -0.2) is 48.7 Å². The number of allylic oxidation sites excluding steroid dienone is 1. The van der Waals surface area contributed by atoms with Gasteiger partial charge in [0.2, 0.25) is 0 Å². The summed E-state index contributed by atoms with van der Waals surface area (Å²) in [6.45, 7) is 5.19. The van der Waals surface area contributed by atoms with E-state index in [4.69, 9.17) is 18.9 Å². The Hall–Kier alpha value is -0.460. The van der Waals surface area contributed by atoms with Crippen LogP contribution in [0, 0.1) is 28.6 Å². The molecule has 0 bridgehead atoms. The monoisotopic (exact) mass is 388 g/mol. The molecule has 1 N–H and O–H groups in total. The van der Waals surface area contributed by atoms with E-state index in [-0.39, 0.29) is 16.6 Å². The summed E-state index contributed by atoms with van der Waals surface area (Å²) in [5.74, 6) is 0.707. The Kier molecular flexibility index (Phi) is 3.11. The predicted molar refractivity (Wildman–Crippen MR) is 100 cm³/mol. The van der Waals surface area contributed by atoms with Gasteiger partial charge in [-0.15, -0.1) is 0 Å². The zero-order chi connectivity index (χ0) is 18.8. The van der Waals surface area contributed by atoms with Crippen LogP contribution in [0.2, 0.25) is 0 Å². The molecule has 154 valence electrons. The third kappa shape index (κ3) is 1.76. The van der Waals surface area contributed by atoms with Gasteiger partial charge in [0.05, 0.1) is 32.0 Å². The maximum Gasteiger partial charge on any atom is 0.174 e. The summed E-state index contributed by atoms with van der Waals surface area (Å²) in [7, 11) is 0. The average Bonchev–Trinajstić information content (AvgIpc) is 3.37. The molecule has 4 saturated carbocycles. The van der Waals surface area contributed by atoms with Crippen molar-refractivity contribution in [3.8, 4) is 0 Å². The van der Waals surface area contributed by atoms with Gasteiger partial charge in [-0.25, -0.2) is 0 Å². The summed E-state index contributed by atoms with van der Waals surface area (Å²) in [5, 5.41) is 11.9. The second-order valence-electron chi connectivity index (χ2n) is 11.0. The smallest absolute Gasteiger partial charge is 0.174 e. The van der Waals surface area contributed by atoms with Crippen LogP contribution in [0.3, 0.4) is 0 Å². The van der Waals surface area contributed by atoms with Gasteiger partial charge in [0, 0.05) is 36.0 Å². The van der Waals surface area contributed by atoms with Crippen LogP contribution in [0.4, 0.5) is 0 Å². The molecule has 0 aromatic rings. The van der Waals surface area contributed by atoms with Crippen molar-refractivity contribution in [2.45, 2.75) is 75.5 Å². The molecule has 0 radical (unpaired) electrons.